The summed E-state index contributed by atoms with van der Waals surface area (Å²) in [5.74, 6) is -0.191. The van der Waals surface area contributed by atoms with Crippen molar-refractivity contribution < 1.29 is 18.7 Å². The summed E-state index contributed by atoms with van der Waals surface area (Å²) < 4.78 is 11.4. The van der Waals surface area contributed by atoms with Gasteiger partial charge >= 0.3 is 5.97 Å². The van der Waals surface area contributed by atoms with Crippen LogP contribution in [0, 0.1) is 0 Å². The highest BCUT2D eigenvalue weighted by Crippen LogP contribution is 2.22. The van der Waals surface area contributed by atoms with Crippen molar-refractivity contribution in [2.75, 3.05) is 7.11 Å². The van der Waals surface area contributed by atoms with Crippen LogP contribution in [-0.2, 0) is 11.8 Å². The second kappa shape index (κ2) is 3.27. The number of furan rings is 1. The number of hydrogen-bond acceptors (Lipinski definition) is 4. The monoisotopic (exact) mass is 207 g/mol. The first-order valence-corrected chi connectivity index (χ1v) is 4.30. The van der Waals surface area contributed by atoms with Gasteiger partial charge in [-0.25, -0.2) is 4.79 Å². The van der Waals surface area contributed by atoms with Crippen LogP contribution in [0.2, 0.25) is 0 Å². The van der Waals surface area contributed by atoms with Crippen LogP contribution in [0.25, 0.3) is 11.1 Å². The van der Waals surface area contributed by atoms with Crippen molar-refractivity contribution in [1.29, 1.82) is 0 Å². The molecular formula is C10H9NO4. The molecule has 0 bridgehead atoms. The maximum Gasteiger partial charge on any atom is 0.354 e. The molecule has 0 aromatic carbocycles. The molecule has 0 saturated carbocycles. The predicted octanol–water partition coefficient (Wildman–Crippen LogP) is 1.37. The van der Waals surface area contributed by atoms with E-state index < -0.39 is 5.97 Å². The van der Waals surface area contributed by atoms with E-state index in [9.17, 15) is 9.59 Å². The van der Waals surface area contributed by atoms with Gasteiger partial charge in [-0.05, 0) is 0 Å². The third kappa shape index (κ3) is 1.32. The zero-order chi connectivity index (χ0) is 11.0. The largest absolute Gasteiger partial charge is 0.464 e. The number of esters is 1. The van der Waals surface area contributed by atoms with Gasteiger partial charge in [-0.3, -0.25) is 4.79 Å². The molecule has 0 amide bonds. The Morgan fingerprint density at radius 3 is 2.80 bits per heavy atom. The summed E-state index contributed by atoms with van der Waals surface area (Å²) in [7, 11) is 3.02. The quantitative estimate of drug-likeness (QED) is 0.551. The summed E-state index contributed by atoms with van der Waals surface area (Å²) in [6.07, 6.45) is 0.623. The summed E-state index contributed by atoms with van der Waals surface area (Å²) in [5.41, 5.74) is 1.58. The van der Waals surface area contributed by atoms with Crippen LogP contribution in [0.1, 0.15) is 21.0 Å². The summed E-state index contributed by atoms with van der Waals surface area (Å²) >= 11 is 0. The fraction of sp³-hybridized carbons (Fsp3) is 0.200. The first-order chi connectivity index (χ1) is 7.17. The number of nitrogens with zero attached hydrogens (tertiary/aromatic N) is 1. The molecule has 2 aromatic rings. The lowest BCUT2D eigenvalue weighted by atomic mass is 10.4. The van der Waals surface area contributed by atoms with Crippen LogP contribution >= 0.6 is 0 Å². The van der Waals surface area contributed by atoms with Crippen LogP contribution in [-0.4, -0.2) is 23.9 Å². The normalized spacial score (nSPS) is 10.5. The van der Waals surface area contributed by atoms with E-state index in [4.69, 9.17) is 4.42 Å². The number of hydrogen-bond donors (Lipinski definition) is 0. The van der Waals surface area contributed by atoms with Gasteiger partial charge in [-0.2, -0.15) is 0 Å². The molecule has 5 heteroatoms. The maximum absolute atomic E-state index is 11.3. The van der Waals surface area contributed by atoms with E-state index in [1.807, 2.05) is 0 Å². The second-order valence-electron chi connectivity index (χ2n) is 3.10. The van der Waals surface area contributed by atoms with Gasteiger partial charge in [0.05, 0.1) is 12.6 Å². The molecule has 0 saturated heterocycles. The van der Waals surface area contributed by atoms with Crippen LogP contribution < -0.4 is 0 Å². The Morgan fingerprint density at radius 2 is 2.27 bits per heavy atom. The minimum Gasteiger partial charge on any atom is -0.464 e. The van der Waals surface area contributed by atoms with Gasteiger partial charge in [0.2, 0.25) is 0 Å². The van der Waals surface area contributed by atoms with Crippen molar-refractivity contribution in [3.63, 3.8) is 0 Å². The van der Waals surface area contributed by atoms with Gasteiger partial charge in [-0.1, -0.05) is 0 Å². The molecule has 5 nitrogen and oxygen atoms in total. The third-order valence-electron chi connectivity index (χ3n) is 2.26. The minimum absolute atomic E-state index is 0.243. The number of aldehydes is 1. The molecule has 2 aromatic heterocycles. The van der Waals surface area contributed by atoms with Crippen molar-refractivity contribution >= 4 is 23.4 Å². The Balaban J connectivity index is 2.62. The fourth-order valence-electron chi connectivity index (χ4n) is 1.49. The lowest BCUT2D eigenvalue weighted by molar-refractivity contribution is 0.0590. The topological polar surface area (TPSA) is 61.4 Å². The molecule has 0 atom stereocenters. The smallest absolute Gasteiger partial charge is 0.354 e. The first kappa shape index (κ1) is 9.51. The average Bonchev–Trinajstić information content (AvgIpc) is 2.77. The Labute approximate surface area is 85.2 Å². The van der Waals surface area contributed by atoms with Gasteiger partial charge in [0.25, 0.3) is 0 Å². The fourth-order valence-corrected chi connectivity index (χ4v) is 1.49. The molecule has 0 aliphatic rings. The molecule has 0 N–H and O–H groups in total. The average molecular weight is 207 g/mol. The molecule has 0 unspecified atom stereocenters. The number of methoxy groups -OCH3 is 1. The standard InChI is InChI=1S/C10H9NO4/c1-11-7-3-6(5-12)15-9(7)4-8(11)10(13)14-2/h3-5H,1-2H3. The Morgan fingerprint density at radius 1 is 1.53 bits per heavy atom. The van der Waals surface area contributed by atoms with E-state index in [1.165, 1.54) is 7.11 Å². The number of ether oxygens (including phenoxy) is 1. The zero-order valence-corrected chi connectivity index (χ0v) is 8.31. The van der Waals surface area contributed by atoms with E-state index in [0.29, 0.717) is 23.1 Å². The number of fused-ring (bicyclic) bond motifs is 1. The van der Waals surface area contributed by atoms with Gasteiger partial charge < -0.3 is 13.7 Å². The summed E-state index contributed by atoms with van der Waals surface area (Å²) in [6, 6.07) is 3.13. The molecule has 78 valence electrons. The Bertz CT molecular complexity index is 535. The van der Waals surface area contributed by atoms with Crippen molar-refractivity contribution in [2.45, 2.75) is 0 Å². The second-order valence-corrected chi connectivity index (χ2v) is 3.10. The third-order valence-corrected chi connectivity index (χ3v) is 2.26. The van der Waals surface area contributed by atoms with E-state index >= 15 is 0 Å². The molecule has 15 heavy (non-hydrogen) atoms. The molecule has 0 spiro atoms. The van der Waals surface area contributed by atoms with E-state index in [2.05, 4.69) is 4.74 Å². The van der Waals surface area contributed by atoms with Crippen molar-refractivity contribution in [1.82, 2.24) is 4.57 Å². The molecule has 0 aliphatic heterocycles. The van der Waals surface area contributed by atoms with Crippen LogP contribution in [0.4, 0.5) is 0 Å². The summed E-state index contributed by atoms with van der Waals surface area (Å²) in [6.45, 7) is 0. The first-order valence-electron chi connectivity index (χ1n) is 4.30. The van der Waals surface area contributed by atoms with Gasteiger partial charge in [0, 0.05) is 19.2 Å². The summed E-state index contributed by atoms with van der Waals surface area (Å²) in [4.78, 5) is 21.8. The molecule has 2 rings (SSSR count). The van der Waals surface area contributed by atoms with Gasteiger partial charge in [0.15, 0.2) is 17.6 Å². The van der Waals surface area contributed by atoms with E-state index in [0.717, 1.165) is 0 Å². The number of carbonyl (C=O) groups excluding carboxylic acids is 2. The van der Waals surface area contributed by atoms with Gasteiger partial charge in [0.1, 0.15) is 5.69 Å². The molecular weight excluding hydrogens is 198 g/mol. The van der Waals surface area contributed by atoms with Crippen molar-refractivity contribution in [3.05, 3.63) is 23.6 Å². The molecule has 0 fully saturated rings. The summed E-state index contributed by atoms with van der Waals surface area (Å²) in [5, 5.41) is 0. The number of aromatic nitrogens is 1. The SMILES string of the molecule is COC(=O)c1cc2oc(C=O)cc2n1C. The lowest BCUT2D eigenvalue weighted by Crippen LogP contribution is -2.06. The number of aryl methyl sites for hydroxylation is 1. The number of carbonyl (C=O) groups is 2. The highest BCUT2D eigenvalue weighted by Gasteiger charge is 2.16. The van der Waals surface area contributed by atoms with E-state index in [-0.39, 0.29) is 5.76 Å². The van der Waals surface area contributed by atoms with Crippen LogP contribution in [0.15, 0.2) is 16.5 Å². The predicted molar refractivity (Wildman–Crippen MR) is 51.9 cm³/mol. The zero-order valence-electron chi connectivity index (χ0n) is 8.31. The number of rotatable bonds is 2. The van der Waals surface area contributed by atoms with Crippen molar-refractivity contribution in [2.24, 2.45) is 7.05 Å². The Hall–Kier alpha value is -2.04. The van der Waals surface area contributed by atoms with E-state index in [1.54, 1.807) is 23.7 Å². The maximum atomic E-state index is 11.3. The Kier molecular flexibility index (Phi) is 2.07. The highest BCUT2D eigenvalue weighted by atomic mass is 16.5. The van der Waals surface area contributed by atoms with Crippen molar-refractivity contribution in [3.8, 4) is 0 Å². The lowest BCUT2D eigenvalue weighted by Gasteiger charge is -1.99. The molecule has 2 heterocycles. The van der Waals surface area contributed by atoms with Gasteiger partial charge in [-0.15, -0.1) is 0 Å². The molecule has 0 radical (unpaired) electrons. The molecule has 0 aliphatic carbocycles. The van der Waals surface area contributed by atoms with Crippen LogP contribution in [0.5, 0.6) is 0 Å². The highest BCUT2D eigenvalue weighted by molar-refractivity contribution is 5.95. The van der Waals surface area contributed by atoms with Crippen LogP contribution in [0.3, 0.4) is 0 Å². The minimum atomic E-state index is -0.434.